The molecule has 1 amide bonds. The van der Waals surface area contributed by atoms with Crippen molar-refractivity contribution < 1.29 is 14.3 Å². The smallest absolute Gasteiger partial charge is 0.258 e. The van der Waals surface area contributed by atoms with Gasteiger partial charge in [0.2, 0.25) is 0 Å². The summed E-state index contributed by atoms with van der Waals surface area (Å²) in [6, 6.07) is 12.9. The van der Waals surface area contributed by atoms with Crippen molar-refractivity contribution in [1.82, 2.24) is 5.32 Å². The van der Waals surface area contributed by atoms with Crippen LogP contribution in [-0.2, 0) is 9.53 Å². The molecule has 0 unspecified atom stereocenters. The molecule has 4 nitrogen and oxygen atoms in total. The van der Waals surface area contributed by atoms with Gasteiger partial charge in [-0.1, -0.05) is 29.8 Å². The van der Waals surface area contributed by atoms with Gasteiger partial charge in [-0.2, -0.15) is 0 Å². The zero-order valence-electron chi connectivity index (χ0n) is 11.5. The molecule has 2 aromatic rings. The quantitative estimate of drug-likeness (QED) is 0.849. The van der Waals surface area contributed by atoms with E-state index in [-0.39, 0.29) is 18.6 Å². The summed E-state index contributed by atoms with van der Waals surface area (Å²) in [7, 11) is 1.60. The number of methoxy groups -OCH3 is 1. The molecule has 1 atom stereocenters. The Balaban J connectivity index is 1.77. The monoisotopic (exact) mass is 325 g/mol. The van der Waals surface area contributed by atoms with Gasteiger partial charge in [0, 0.05) is 18.5 Å². The summed E-state index contributed by atoms with van der Waals surface area (Å²) < 4.78 is 11.4. The number of thiophene rings is 1. The first-order valence-electron chi connectivity index (χ1n) is 6.41. The molecular formula is C15H16ClNO3S. The van der Waals surface area contributed by atoms with Gasteiger partial charge in [0.1, 0.15) is 11.9 Å². The lowest BCUT2D eigenvalue weighted by Crippen LogP contribution is -2.32. The van der Waals surface area contributed by atoms with Crippen LogP contribution in [0.5, 0.6) is 5.75 Å². The molecule has 0 aliphatic heterocycles. The number of carbonyl (C=O) groups is 1. The van der Waals surface area contributed by atoms with Crippen LogP contribution in [0.15, 0.2) is 42.5 Å². The van der Waals surface area contributed by atoms with E-state index in [4.69, 9.17) is 21.1 Å². The number of benzene rings is 1. The van der Waals surface area contributed by atoms with Gasteiger partial charge in [-0.15, -0.1) is 11.3 Å². The van der Waals surface area contributed by atoms with Crippen LogP contribution in [0.3, 0.4) is 0 Å². The van der Waals surface area contributed by atoms with Crippen molar-refractivity contribution in [3.8, 4) is 5.75 Å². The normalized spacial score (nSPS) is 11.9. The van der Waals surface area contributed by atoms with Crippen molar-refractivity contribution in [2.75, 3.05) is 20.3 Å². The second-order valence-corrected chi connectivity index (χ2v) is 6.02. The molecule has 1 heterocycles. The average molecular weight is 326 g/mol. The van der Waals surface area contributed by atoms with Crippen molar-refractivity contribution >= 4 is 28.8 Å². The molecule has 0 bridgehead atoms. The SMILES string of the molecule is CO[C@H](CNC(=O)COc1ccccc1)c1ccc(Cl)s1. The molecule has 0 fully saturated rings. The Morgan fingerprint density at radius 3 is 2.67 bits per heavy atom. The Hall–Kier alpha value is -1.56. The highest BCUT2D eigenvalue weighted by molar-refractivity contribution is 7.16. The molecule has 0 aliphatic rings. The second-order valence-electron chi connectivity index (χ2n) is 4.27. The number of rotatable bonds is 7. The molecule has 0 saturated carbocycles. The van der Waals surface area contributed by atoms with Crippen LogP contribution in [0.1, 0.15) is 11.0 Å². The highest BCUT2D eigenvalue weighted by Gasteiger charge is 2.14. The van der Waals surface area contributed by atoms with Gasteiger partial charge in [0.25, 0.3) is 5.91 Å². The number of hydrogen-bond acceptors (Lipinski definition) is 4. The molecule has 112 valence electrons. The Morgan fingerprint density at radius 1 is 1.29 bits per heavy atom. The standard InChI is InChI=1S/C15H16ClNO3S/c1-19-12(13-7-8-14(16)21-13)9-17-15(18)10-20-11-5-3-2-4-6-11/h2-8,12H,9-10H2,1H3,(H,17,18)/t12-/m1/s1. The summed E-state index contributed by atoms with van der Waals surface area (Å²) in [4.78, 5) is 12.7. The van der Waals surface area contributed by atoms with Gasteiger partial charge in [-0.25, -0.2) is 0 Å². The molecule has 1 aromatic heterocycles. The van der Waals surface area contributed by atoms with E-state index in [9.17, 15) is 4.79 Å². The number of nitrogens with one attached hydrogen (secondary N) is 1. The minimum atomic E-state index is -0.205. The maximum atomic E-state index is 11.8. The van der Waals surface area contributed by atoms with Gasteiger partial charge in [-0.05, 0) is 24.3 Å². The van der Waals surface area contributed by atoms with Gasteiger partial charge < -0.3 is 14.8 Å². The van der Waals surface area contributed by atoms with Crippen molar-refractivity contribution in [1.29, 1.82) is 0 Å². The number of para-hydroxylation sites is 1. The zero-order valence-corrected chi connectivity index (χ0v) is 13.1. The minimum absolute atomic E-state index is 0.0222. The Bertz CT molecular complexity index is 573. The van der Waals surface area contributed by atoms with E-state index >= 15 is 0 Å². The fourth-order valence-electron chi connectivity index (χ4n) is 1.72. The third kappa shape index (κ3) is 5.04. The van der Waals surface area contributed by atoms with Crippen LogP contribution >= 0.6 is 22.9 Å². The number of halogens is 1. The summed E-state index contributed by atoms with van der Waals surface area (Å²) in [5.41, 5.74) is 0. The molecule has 0 saturated heterocycles. The average Bonchev–Trinajstić information content (AvgIpc) is 2.93. The fraction of sp³-hybridized carbons (Fsp3) is 0.267. The molecule has 6 heteroatoms. The van der Waals surface area contributed by atoms with E-state index < -0.39 is 0 Å². The lowest BCUT2D eigenvalue weighted by Gasteiger charge is -2.14. The molecule has 1 aromatic carbocycles. The van der Waals surface area contributed by atoms with Crippen LogP contribution in [-0.4, -0.2) is 26.2 Å². The fourth-order valence-corrected chi connectivity index (χ4v) is 2.86. The summed E-state index contributed by atoms with van der Waals surface area (Å²) in [6.07, 6.45) is -0.205. The Morgan fingerprint density at radius 2 is 2.05 bits per heavy atom. The molecular weight excluding hydrogens is 310 g/mol. The van der Waals surface area contributed by atoms with Gasteiger partial charge >= 0.3 is 0 Å². The maximum absolute atomic E-state index is 11.8. The molecule has 0 aliphatic carbocycles. The van der Waals surface area contributed by atoms with E-state index in [1.165, 1.54) is 11.3 Å². The van der Waals surface area contributed by atoms with Crippen LogP contribution in [0.2, 0.25) is 4.34 Å². The Labute approximate surface area is 132 Å². The van der Waals surface area contributed by atoms with E-state index in [1.54, 1.807) is 19.2 Å². The first-order valence-corrected chi connectivity index (χ1v) is 7.61. The Kier molecular flexibility index (Phi) is 6.04. The lowest BCUT2D eigenvalue weighted by molar-refractivity contribution is -0.123. The van der Waals surface area contributed by atoms with Crippen LogP contribution in [0.25, 0.3) is 0 Å². The maximum Gasteiger partial charge on any atom is 0.258 e. The van der Waals surface area contributed by atoms with Crippen LogP contribution in [0.4, 0.5) is 0 Å². The summed E-state index contributed by atoms with van der Waals surface area (Å²) >= 11 is 7.34. The molecule has 0 radical (unpaired) electrons. The first kappa shape index (κ1) is 15.8. The summed E-state index contributed by atoms with van der Waals surface area (Å²) in [6.45, 7) is 0.357. The largest absolute Gasteiger partial charge is 0.484 e. The third-order valence-electron chi connectivity index (χ3n) is 2.79. The minimum Gasteiger partial charge on any atom is -0.484 e. The molecule has 21 heavy (non-hydrogen) atoms. The van der Waals surface area contributed by atoms with Crippen LogP contribution < -0.4 is 10.1 Å². The summed E-state index contributed by atoms with van der Waals surface area (Å²) in [5.74, 6) is 0.476. The van der Waals surface area contributed by atoms with E-state index in [0.29, 0.717) is 16.6 Å². The van der Waals surface area contributed by atoms with Crippen molar-refractivity contribution in [3.63, 3.8) is 0 Å². The highest BCUT2D eigenvalue weighted by atomic mass is 35.5. The second kappa shape index (κ2) is 8.02. The predicted octanol–water partition coefficient (Wildman–Crippen LogP) is 3.28. The third-order valence-corrected chi connectivity index (χ3v) is 4.12. The predicted molar refractivity (Wildman–Crippen MR) is 84.0 cm³/mol. The van der Waals surface area contributed by atoms with E-state index in [2.05, 4.69) is 5.32 Å². The van der Waals surface area contributed by atoms with Gasteiger partial charge in [0.05, 0.1) is 4.34 Å². The number of carbonyl (C=O) groups excluding carboxylic acids is 1. The van der Waals surface area contributed by atoms with Crippen LogP contribution in [0, 0.1) is 0 Å². The van der Waals surface area contributed by atoms with E-state index in [0.717, 1.165) is 4.88 Å². The summed E-state index contributed by atoms with van der Waals surface area (Å²) in [5, 5.41) is 2.79. The van der Waals surface area contributed by atoms with Crippen molar-refractivity contribution in [2.45, 2.75) is 6.10 Å². The number of amides is 1. The van der Waals surface area contributed by atoms with E-state index in [1.807, 2.05) is 30.3 Å². The number of hydrogen-bond donors (Lipinski definition) is 1. The number of ether oxygens (including phenoxy) is 2. The zero-order chi connectivity index (χ0) is 15.1. The molecule has 1 N–H and O–H groups in total. The van der Waals surface area contributed by atoms with Crippen molar-refractivity contribution in [3.05, 3.63) is 51.7 Å². The molecule has 2 rings (SSSR count). The first-order chi connectivity index (χ1) is 10.2. The molecule has 0 spiro atoms. The van der Waals surface area contributed by atoms with Gasteiger partial charge in [-0.3, -0.25) is 4.79 Å². The van der Waals surface area contributed by atoms with Gasteiger partial charge in [0.15, 0.2) is 6.61 Å². The highest BCUT2D eigenvalue weighted by Crippen LogP contribution is 2.28. The van der Waals surface area contributed by atoms with Crippen molar-refractivity contribution in [2.24, 2.45) is 0 Å². The topological polar surface area (TPSA) is 47.6 Å². The lowest BCUT2D eigenvalue weighted by atomic mass is 10.3.